The Morgan fingerprint density at radius 2 is 1.77 bits per heavy atom. The van der Waals surface area contributed by atoms with Crippen molar-refractivity contribution >= 4 is 6.21 Å². The molecular weight excluding hydrogens is 339 g/mol. The summed E-state index contributed by atoms with van der Waals surface area (Å²) < 4.78 is 38.1. The van der Waals surface area contributed by atoms with Gasteiger partial charge in [-0.05, 0) is 53.6 Å². The maximum atomic E-state index is 12.7. The van der Waals surface area contributed by atoms with E-state index in [1.165, 1.54) is 43.7 Å². The molecule has 2 aromatic carbocycles. The van der Waals surface area contributed by atoms with Crippen molar-refractivity contribution in [1.29, 1.82) is 0 Å². The summed E-state index contributed by atoms with van der Waals surface area (Å²) in [4.78, 5) is 5.18. The molecule has 0 aliphatic heterocycles. The topological polar surface area (TPSA) is 21.6 Å². The van der Waals surface area contributed by atoms with E-state index in [4.69, 9.17) is 4.84 Å². The van der Waals surface area contributed by atoms with Crippen molar-refractivity contribution in [3.05, 3.63) is 70.8 Å². The minimum Gasteiger partial charge on any atom is -0.391 e. The van der Waals surface area contributed by atoms with Crippen molar-refractivity contribution in [3.63, 3.8) is 0 Å². The van der Waals surface area contributed by atoms with E-state index in [0.717, 1.165) is 17.7 Å². The van der Waals surface area contributed by atoms with Crippen molar-refractivity contribution < 1.29 is 18.0 Å². The molecule has 2 aromatic rings. The van der Waals surface area contributed by atoms with Crippen molar-refractivity contribution in [2.75, 3.05) is 0 Å². The van der Waals surface area contributed by atoms with Crippen molar-refractivity contribution in [2.45, 2.75) is 50.8 Å². The van der Waals surface area contributed by atoms with Gasteiger partial charge in [0.2, 0.25) is 0 Å². The molecule has 0 saturated heterocycles. The zero-order chi connectivity index (χ0) is 18.4. The molecular formula is C21H22F3NO. The van der Waals surface area contributed by atoms with Crippen LogP contribution >= 0.6 is 0 Å². The van der Waals surface area contributed by atoms with Crippen LogP contribution in [0, 0.1) is 0 Å². The second-order valence-corrected chi connectivity index (χ2v) is 6.71. The Kier molecular flexibility index (Phi) is 5.96. The van der Waals surface area contributed by atoms with Gasteiger partial charge in [0.1, 0.15) is 6.61 Å². The predicted octanol–water partition coefficient (Wildman–Crippen LogP) is 6.30. The van der Waals surface area contributed by atoms with Gasteiger partial charge in [-0.3, -0.25) is 0 Å². The highest BCUT2D eigenvalue weighted by Gasteiger charge is 2.30. The number of oxime groups is 1. The van der Waals surface area contributed by atoms with Crippen LogP contribution in [0.25, 0.3) is 0 Å². The molecule has 0 aromatic heterocycles. The number of hydrogen-bond acceptors (Lipinski definition) is 2. The Morgan fingerprint density at radius 1 is 1.00 bits per heavy atom. The van der Waals surface area contributed by atoms with Crippen LogP contribution in [0.2, 0.25) is 0 Å². The third-order valence-corrected chi connectivity index (χ3v) is 4.75. The zero-order valence-corrected chi connectivity index (χ0v) is 14.5. The molecule has 0 spiro atoms. The Bertz CT molecular complexity index is 749. The fourth-order valence-electron chi connectivity index (χ4n) is 3.38. The average Bonchev–Trinajstić information content (AvgIpc) is 2.66. The first-order valence-corrected chi connectivity index (χ1v) is 8.94. The van der Waals surface area contributed by atoms with Gasteiger partial charge in [-0.2, -0.15) is 13.2 Å². The third-order valence-electron chi connectivity index (χ3n) is 4.75. The van der Waals surface area contributed by atoms with E-state index < -0.39 is 11.7 Å². The summed E-state index contributed by atoms with van der Waals surface area (Å²) in [7, 11) is 0. The lowest BCUT2D eigenvalue weighted by Crippen LogP contribution is -2.05. The summed E-state index contributed by atoms with van der Waals surface area (Å²) in [5.74, 6) is 0.614. The van der Waals surface area contributed by atoms with Crippen LogP contribution in [0.15, 0.2) is 53.7 Å². The Morgan fingerprint density at radius 3 is 2.54 bits per heavy atom. The molecule has 0 N–H and O–H groups in total. The Labute approximate surface area is 151 Å². The van der Waals surface area contributed by atoms with Crippen LogP contribution in [0.3, 0.4) is 0 Å². The highest BCUT2D eigenvalue weighted by molar-refractivity contribution is 5.79. The zero-order valence-electron chi connectivity index (χ0n) is 14.5. The Hall–Kier alpha value is -2.30. The molecule has 1 saturated carbocycles. The number of halogens is 3. The van der Waals surface area contributed by atoms with E-state index in [9.17, 15) is 13.2 Å². The number of hydrogen-bond donors (Lipinski definition) is 0. The van der Waals surface area contributed by atoms with Gasteiger partial charge in [0.25, 0.3) is 0 Å². The summed E-state index contributed by atoms with van der Waals surface area (Å²) in [6, 6.07) is 13.3. The minimum atomic E-state index is -4.35. The van der Waals surface area contributed by atoms with Gasteiger partial charge in [0.05, 0.1) is 11.8 Å². The molecule has 138 valence electrons. The lowest BCUT2D eigenvalue weighted by atomic mass is 9.84. The summed E-state index contributed by atoms with van der Waals surface area (Å²) in [6.45, 7) is 0.00271. The van der Waals surface area contributed by atoms with Gasteiger partial charge >= 0.3 is 6.18 Å². The third kappa shape index (κ3) is 5.10. The molecule has 5 heteroatoms. The summed E-state index contributed by atoms with van der Waals surface area (Å²) in [5.41, 5.74) is 2.03. The van der Waals surface area contributed by atoms with Crippen LogP contribution in [-0.2, 0) is 17.6 Å². The smallest absolute Gasteiger partial charge is 0.391 e. The molecule has 1 aliphatic rings. The minimum absolute atomic E-state index is 0.00271. The van der Waals surface area contributed by atoms with Crippen molar-refractivity contribution in [1.82, 2.24) is 0 Å². The highest BCUT2D eigenvalue weighted by atomic mass is 19.4. The first kappa shape index (κ1) is 18.5. The van der Waals surface area contributed by atoms with Crippen molar-refractivity contribution in [2.24, 2.45) is 5.16 Å². The maximum absolute atomic E-state index is 12.7. The van der Waals surface area contributed by atoms with Crippen LogP contribution in [0.1, 0.15) is 60.3 Å². The second-order valence-electron chi connectivity index (χ2n) is 6.71. The molecule has 0 unspecified atom stereocenters. The molecule has 1 fully saturated rings. The number of alkyl halides is 3. The Balaban J connectivity index is 1.57. The van der Waals surface area contributed by atoms with Crippen LogP contribution < -0.4 is 0 Å². The standard InChI is InChI=1S/C21H22F3NO/c22-21(23,24)20-11-5-7-17(13-20)15-26-25-14-16-6-4-10-19(12-16)18-8-2-1-3-9-18/h4-7,10-14,18H,1-3,8-9,15H2. The van der Waals surface area contributed by atoms with Crippen LogP contribution in [0.5, 0.6) is 0 Å². The first-order chi connectivity index (χ1) is 12.5. The number of benzene rings is 2. The molecule has 0 heterocycles. The van der Waals surface area contributed by atoms with Crippen molar-refractivity contribution in [3.8, 4) is 0 Å². The fraction of sp³-hybridized carbons (Fsp3) is 0.381. The lowest BCUT2D eigenvalue weighted by Gasteiger charge is -2.22. The molecule has 0 atom stereocenters. The van der Waals surface area contributed by atoms with E-state index in [1.807, 2.05) is 12.1 Å². The molecule has 2 nitrogen and oxygen atoms in total. The van der Waals surface area contributed by atoms with Gasteiger partial charge in [-0.25, -0.2) is 0 Å². The first-order valence-electron chi connectivity index (χ1n) is 8.94. The average molecular weight is 361 g/mol. The molecule has 0 radical (unpaired) electrons. The predicted molar refractivity (Wildman–Crippen MR) is 96.1 cm³/mol. The van der Waals surface area contributed by atoms with E-state index >= 15 is 0 Å². The highest BCUT2D eigenvalue weighted by Crippen LogP contribution is 2.32. The maximum Gasteiger partial charge on any atom is 0.416 e. The monoisotopic (exact) mass is 361 g/mol. The number of nitrogens with zero attached hydrogens (tertiary/aromatic N) is 1. The lowest BCUT2D eigenvalue weighted by molar-refractivity contribution is -0.137. The largest absolute Gasteiger partial charge is 0.416 e. The van der Waals surface area contributed by atoms with Crippen LogP contribution in [0.4, 0.5) is 13.2 Å². The van der Waals surface area contributed by atoms with Gasteiger partial charge in [-0.15, -0.1) is 0 Å². The molecule has 1 aliphatic carbocycles. The summed E-state index contributed by atoms with van der Waals surface area (Å²) in [6.07, 6.45) is 3.60. The van der Waals surface area contributed by atoms with E-state index in [2.05, 4.69) is 17.3 Å². The van der Waals surface area contributed by atoms with Crippen LogP contribution in [-0.4, -0.2) is 6.21 Å². The van der Waals surface area contributed by atoms with Gasteiger partial charge in [0, 0.05) is 0 Å². The number of rotatable bonds is 5. The van der Waals surface area contributed by atoms with Gasteiger partial charge in [0.15, 0.2) is 0 Å². The molecule has 26 heavy (non-hydrogen) atoms. The molecule has 3 rings (SSSR count). The van der Waals surface area contributed by atoms with Gasteiger partial charge < -0.3 is 4.84 Å². The SMILES string of the molecule is FC(F)(F)c1cccc(CON=Cc2cccc(C3CCCCC3)c2)c1. The van der Waals surface area contributed by atoms with E-state index in [0.29, 0.717) is 11.5 Å². The summed E-state index contributed by atoms with van der Waals surface area (Å²) in [5, 5.41) is 3.91. The van der Waals surface area contributed by atoms with E-state index in [1.54, 1.807) is 12.3 Å². The normalized spacial score (nSPS) is 16.1. The van der Waals surface area contributed by atoms with Gasteiger partial charge in [-0.1, -0.05) is 54.8 Å². The second kappa shape index (κ2) is 8.39. The fourth-order valence-corrected chi connectivity index (χ4v) is 3.38. The summed E-state index contributed by atoms with van der Waals surface area (Å²) >= 11 is 0. The molecule has 0 amide bonds. The quantitative estimate of drug-likeness (QED) is 0.452. The van der Waals surface area contributed by atoms with E-state index in [-0.39, 0.29) is 6.61 Å². The molecule has 0 bridgehead atoms.